The van der Waals surface area contributed by atoms with Gasteiger partial charge in [0, 0.05) is 18.8 Å². The second-order valence-corrected chi connectivity index (χ2v) is 4.69. The Kier molecular flexibility index (Phi) is 5.08. The van der Waals surface area contributed by atoms with Crippen LogP contribution < -0.4 is 5.32 Å². The molecule has 5 N–H and O–H groups in total. The molecule has 0 radical (unpaired) electrons. The Balaban J connectivity index is 2.54. The molecular weight excluding hydrogens is 246 g/mol. The molecule has 1 heterocycles. The van der Waals surface area contributed by atoms with E-state index in [2.05, 4.69) is 17.9 Å². The van der Waals surface area contributed by atoms with Crippen LogP contribution >= 0.6 is 12.6 Å². The molecule has 1 aliphatic rings. The third kappa shape index (κ3) is 4.04. The Labute approximate surface area is 105 Å². The molecule has 6 nitrogen and oxygen atoms in total. The number of ether oxygens (including phenoxy) is 1. The van der Waals surface area contributed by atoms with Gasteiger partial charge in [-0.3, -0.25) is 0 Å². The highest BCUT2D eigenvalue weighted by Crippen LogP contribution is 2.24. The number of aliphatic hydroxyl groups is 4. The van der Waals surface area contributed by atoms with Gasteiger partial charge >= 0.3 is 0 Å². The van der Waals surface area contributed by atoms with E-state index in [1.165, 1.54) is 6.92 Å². The minimum Gasteiger partial charge on any atom is -0.506 e. The van der Waals surface area contributed by atoms with Gasteiger partial charge in [0.2, 0.25) is 0 Å². The summed E-state index contributed by atoms with van der Waals surface area (Å²) >= 11 is 3.99. The lowest BCUT2D eigenvalue weighted by Crippen LogP contribution is -2.53. The first-order chi connectivity index (χ1) is 7.90. The smallest absolute Gasteiger partial charge is 0.174 e. The minimum atomic E-state index is -1.56. The topological polar surface area (TPSA) is 105 Å². The van der Waals surface area contributed by atoms with Crippen molar-refractivity contribution in [2.75, 3.05) is 25.4 Å². The zero-order valence-electron chi connectivity index (χ0n) is 9.63. The molecule has 3 atom stereocenters. The first-order valence-corrected chi connectivity index (χ1v) is 5.98. The van der Waals surface area contributed by atoms with Gasteiger partial charge in [0.05, 0.1) is 0 Å². The standard InChI is InChI=1S/C10H19NO5S/c1-10(15,5-11-2-3-17)9(14)8(13)7(12)6-4-16-6/h8-9,11-15,17H,2-5H2,1H3/b7-6-. The molecule has 1 rings (SSSR count). The van der Waals surface area contributed by atoms with Gasteiger partial charge in [-0.1, -0.05) is 0 Å². The molecular formula is C10H19NO5S. The highest BCUT2D eigenvalue weighted by atomic mass is 32.1. The minimum absolute atomic E-state index is 0.0786. The summed E-state index contributed by atoms with van der Waals surface area (Å²) in [5.41, 5.74) is -1.56. The Morgan fingerprint density at radius 3 is 2.65 bits per heavy atom. The monoisotopic (exact) mass is 265 g/mol. The summed E-state index contributed by atoms with van der Waals surface area (Å²) in [4.78, 5) is 0. The largest absolute Gasteiger partial charge is 0.506 e. The predicted molar refractivity (Wildman–Crippen MR) is 65.0 cm³/mol. The van der Waals surface area contributed by atoms with Gasteiger partial charge in [-0.2, -0.15) is 12.6 Å². The third-order valence-electron chi connectivity index (χ3n) is 2.56. The lowest BCUT2D eigenvalue weighted by atomic mass is 9.93. The molecule has 100 valence electrons. The number of hydrogen-bond acceptors (Lipinski definition) is 7. The molecule has 1 fully saturated rings. The maximum atomic E-state index is 9.96. The van der Waals surface area contributed by atoms with Crippen LogP contribution in [0.25, 0.3) is 0 Å². The number of rotatable bonds is 7. The van der Waals surface area contributed by atoms with Crippen molar-refractivity contribution in [3.63, 3.8) is 0 Å². The third-order valence-corrected chi connectivity index (χ3v) is 2.79. The molecule has 1 aliphatic heterocycles. The zero-order valence-corrected chi connectivity index (χ0v) is 10.5. The first kappa shape index (κ1) is 14.6. The van der Waals surface area contributed by atoms with E-state index in [9.17, 15) is 20.4 Å². The van der Waals surface area contributed by atoms with E-state index in [1.54, 1.807) is 0 Å². The SMILES string of the molecule is CC(O)(CNCCS)C(O)C(O)/C(O)=C1\CO1. The molecule has 0 bridgehead atoms. The van der Waals surface area contributed by atoms with E-state index < -0.39 is 23.6 Å². The molecule has 0 aliphatic carbocycles. The normalized spacial score (nSPS) is 24.5. The fourth-order valence-electron chi connectivity index (χ4n) is 1.36. The van der Waals surface area contributed by atoms with Gasteiger partial charge < -0.3 is 30.5 Å². The van der Waals surface area contributed by atoms with E-state index in [4.69, 9.17) is 4.74 Å². The van der Waals surface area contributed by atoms with Crippen LogP contribution in [0.5, 0.6) is 0 Å². The molecule has 0 aromatic rings. The van der Waals surface area contributed by atoms with Crippen molar-refractivity contribution < 1.29 is 25.2 Å². The van der Waals surface area contributed by atoms with E-state index >= 15 is 0 Å². The lowest BCUT2D eigenvalue weighted by molar-refractivity contribution is -0.111. The molecule has 17 heavy (non-hydrogen) atoms. The van der Waals surface area contributed by atoms with E-state index in [0.717, 1.165) is 0 Å². The average molecular weight is 265 g/mol. The highest BCUT2D eigenvalue weighted by molar-refractivity contribution is 7.80. The molecule has 0 spiro atoms. The molecule has 3 unspecified atom stereocenters. The summed E-state index contributed by atoms with van der Waals surface area (Å²) in [5.74, 6) is 0.417. The van der Waals surface area contributed by atoms with Crippen molar-refractivity contribution in [1.29, 1.82) is 0 Å². The van der Waals surface area contributed by atoms with Crippen LogP contribution in [-0.2, 0) is 4.74 Å². The van der Waals surface area contributed by atoms with Crippen LogP contribution in [0.3, 0.4) is 0 Å². The average Bonchev–Trinajstić information content (AvgIpc) is 3.10. The number of nitrogens with one attached hydrogen (secondary N) is 1. The van der Waals surface area contributed by atoms with E-state index in [1.807, 2.05) is 0 Å². The van der Waals surface area contributed by atoms with E-state index in [0.29, 0.717) is 12.3 Å². The number of hydrogen-bond donors (Lipinski definition) is 6. The van der Waals surface area contributed by atoms with Crippen LogP contribution in [0.15, 0.2) is 11.5 Å². The van der Waals surface area contributed by atoms with Crippen LogP contribution in [0, 0.1) is 0 Å². The molecule has 0 saturated carbocycles. The van der Waals surface area contributed by atoms with Crippen molar-refractivity contribution in [3.8, 4) is 0 Å². The van der Waals surface area contributed by atoms with E-state index in [-0.39, 0.29) is 18.9 Å². The zero-order chi connectivity index (χ0) is 13.1. The number of epoxide rings is 1. The molecule has 7 heteroatoms. The first-order valence-electron chi connectivity index (χ1n) is 5.35. The van der Waals surface area contributed by atoms with Gasteiger partial charge in [0.15, 0.2) is 11.5 Å². The quantitative estimate of drug-likeness (QED) is 0.149. The maximum Gasteiger partial charge on any atom is 0.174 e. The van der Waals surface area contributed by atoms with Crippen molar-refractivity contribution in [2.24, 2.45) is 0 Å². The van der Waals surface area contributed by atoms with Gasteiger partial charge in [-0.25, -0.2) is 0 Å². The van der Waals surface area contributed by atoms with Gasteiger partial charge in [0.25, 0.3) is 0 Å². The van der Waals surface area contributed by atoms with Crippen LogP contribution in [0.2, 0.25) is 0 Å². The second kappa shape index (κ2) is 5.92. The lowest BCUT2D eigenvalue weighted by Gasteiger charge is -2.31. The fourth-order valence-corrected chi connectivity index (χ4v) is 1.52. The summed E-state index contributed by atoms with van der Waals surface area (Å²) in [7, 11) is 0. The van der Waals surface area contributed by atoms with Crippen LogP contribution in [-0.4, -0.2) is 63.7 Å². The number of thiol groups is 1. The molecule has 1 saturated heterocycles. The van der Waals surface area contributed by atoms with Gasteiger partial charge in [-0.05, 0) is 6.92 Å². The Bertz CT molecular complexity index is 288. The predicted octanol–water partition coefficient (Wildman–Crippen LogP) is -1.22. The summed E-state index contributed by atoms with van der Waals surface area (Å²) in [6.45, 7) is 2.27. The van der Waals surface area contributed by atoms with Gasteiger partial charge in [-0.15, -0.1) is 0 Å². The Morgan fingerprint density at radius 1 is 1.59 bits per heavy atom. The summed E-state index contributed by atoms with van der Waals surface area (Å²) in [5, 5.41) is 41.7. The fraction of sp³-hybridized carbons (Fsp3) is 0.800. The summed E-state index contributed by atoms with van der Waals surface area (Å²) in [6, 6.07) is 0. The van der Waals surface area contributed by atoms with Crippen LogP contribution in [0.1, 0.15) is 6.92 Å². The Hall–Kier alpha value is -0.470. The van der Waals surface area contributed by atoms with Crippen LogP contribution in [0.4, 0.5) is 0 Å². The Morgan fingerprint density at radius 2 is 2.18 bits per heavy atom. The van der Waals surface area contributed by atoms with Crippen molar-refractivity contribution in [2.45, 2.75) is 24.7 Å². The molecule has 0 aromatic heterocycles. The summed E-state index contributed by atoms with van der Waals surface area (Å²) < 4.78 is 4.70. The van der Waals surface area contributed by atoms with Crippen molar-refractivity contribution in [1.82, 2.24) is 5.32 Å². The van der Waals surface area contributed by atoms with Crippen molar-refractivity contribution in [3.05, 3.63) is 11.5 Å². The highest BCUT2D eigenvalue weighted by Gasteiger charge is 2.39. The molecule has 0 amide bonds. The maximum absolute atomic E-state index is 9.96. The number of aliphatic hydroxyl groups excluding tert-OH is 3. The van der Waals surface area contributed by atoms with Gasteiger partial charge in [0.1, 0.15) is 24.4 Å². The summed E-state index contributed by atoms with van der Waals surface area (Å²) in [6.07, 6.45) is -3.06. The molecule has 0 aromatic carbocycles. The van der Waals surface area contributed by atoms with Crippen molar-refractivity contribution >= 4 is 12.6 Å². The second-order valence-electron chi connectivity index (χ2n) is 4.24.